The normalized spacial score (nSPS) is 12.7. The van der Waals surface area contributed by atoms with Gasteiger partial charge in [0.05, 0.1) is 13.4 Å². The Bertz CT molecular complexity index is 1620. The van der Waals surface area contributed by atoms with Crippen molar-refractivity contribution in [3.63, 3.8) is 0 Å². The summed E-state index contributed by atoms with van der Waals surface area (Å²) in [6, 6.07) is 14.2. The van der Waals surface area contributed by atoms with E-state index < -0.39 is 24.0 Å². The lowest BCUT2D eigenvalue weighted by Gasteiger charge is -2.23. The topological polar surface area (TPSA) is 128 Å². The summed E-state index contributed by atoms with van der Waals surface area (Å²) in [6.07, 6.45) is 6.84. The lowest BCUT2D eigenvalue weighted by atomic mass is 9.99. The Hall–Kier alpha value is -4.25. The number of carbonyl (C=O) groups excluding carboxylic acids is 3. The van der Waals surface area contributed by atoms with Gasteiger partial charge in [-0.3, -0.25) is 9.59 Å². The molecule has 0 bridgehead atoms. The average molecular weight is 631 g/mol. The molecule has 0 saturated carbocycles. The Morgan fingerprint density at radius 1 is 0.933 bits per heavy atom. The number of esters is 1. The molecule has 4 aromatic rings. The van der Waals surface area contributed by atoms with E-state index in [0.717, 1.165) is 33.5 Å². The van der Waals surface area contributed by atoms with Crippen LogP contribution in [0.3, 0.4) is 0 Å². The molecule has 0 unspecified atom stereocenters. The molecule has 0 fully saturated rings. The number of methoxy groups -OCH3 is 1. The molecule has 2 aromatic heterocycles. The van der Waals surface area contributed by atoms with Crippen LogP contribution in [0, 0.1) is 5.92 Å². The van der Waals surface area contributed by atoms with Crippen LogP contribution in [-0.4, -0.2) is 68.5 Å². The molecule has 11 heteroatoms. The molecule has 2 amide bonds. The molecule has 0 aliphatic carbocycles. The maximum Gasteiger partial charge on any atom is 0.328 e. The quantitative estimate of drug-likeness (QED) is 0.182. The second-order valence-electron chi connectivity index (χ2n) is 11.7. The van der Waals surface area contributed by atoms with Gasteiger partial charge >= 0.3 is 5.97 Å². The fourth-order valence-corrected chi connectivity index (χ4v) is 5.59. The molecule has 0 aliphatic heterocycles. The van der Waals surface area contributed by atoms with Crippen molar-refractivity contribution in [2.24, 2.45) is 5.92 Å². The Morgan fingerprint density at radius 3 is 2.36 bits per heavy atom. The first-order chi connectivity index (χ1) is 21.6. The number of nitrogens with zero attached hydrogens (tertiary/aromatic N) is 4. The third-order valence-corrected chi connectivity index (χ3v) is 8.13. The first kappa shape index (κ1) is 33.6. The van der Waals surface area contributed by atoms with Gasteiger partial charge in [0.15, 0.2) is 5.65 Å². The van der Waals surface area contributed by atoms with Crippen LogP contribution in [0.1, 0.15) is 68.1 Å². The molecule has 0 radical (unpaired) electrons. The van der Waals surface area contributed by atoms with E-state index in [9.17, 15) is 14.4 Å². The molecule has 0 saturated heterocycles. The zero-order chi connectivity index (χ0) is 32.5. The van der Waals surface area contributed by atoms with Crippen LogP contribution < -0.4 is 10.6 Å². The number of thioether (sulfide) groups is 1. The molecule has 0 aliphatic rings. The van der Waals surface area contributed by atoms with Crippen molar-refractivity contribution in [3.8, 4) is 11.3 Å². The average Bonchev–Trinajstić information content (AvgIpc) is 3.47. The predicted octanol–water partition coefficient (Wildman–Crippen LogP) is 5.22. The van der Waals surface area contributed by atoms with Gasteiger partial charge in [-0.1, -0.05) is 44.2 Å². The predicted molar refractivity (Wildman–Crippen MR) is 178 cm³/mol. The first-order valence-corrected chi connectivity index (χ1v) is 16.5. The van der Waals surface area contributed by atoms with E-state index in [-0.39, 0.29) is 17.9 Å². The number of aromatic nitrogens is 4. The summed E-state index contributed by atoms with van der Waals surface area (Å²) >= 11 is 1.58. The summed E-state index contributed by atoms with van der Waals surface area (Å²) in [5.74, 6) is -0.420. The van der Waals surface area contributed by atoms with Gasteiger partial charge in [-0.05, 0) is 80.4 Å². The molecule has 0 spiro atoms. The van der Waals surface area contributed by atoms with Crippen LogP contribution in [0.15, 0.2) is 61.2 Å². The second kappa shape index (κ2) is 15.7. The summed E-state index contributed by atoms with van der Waals surface area (Å²) in [6.45, 7) is 8.15. The summed E-state index contributed by atoms with van der Waals surface area (Å²) in [5, 5.41) is 5.65. The van der Waals surface area contributed by atoms with Gasteiger partial charge in [-0.2, -0.15) is 11.8 Å². The lowest BCUT2D eigenvalue weighted by Crippen LogP contribution is -2.52. The van der Waals surface area contributed by atoms with Crippen LogP contribution in [0.2, 0.25) is 0 Å². The number of ether oxygens (including phenoxy) is 1. The smallest absolute Gasteiger partial charge is 0.328 e. The van der Waals surface area contributed by atoms with Crippen molar-refractivity contribution < 1.29 is 19.1 Å². The standard InChI is InChI=1S/C34H42N6O4S/c1-21(2)16-28(33(42)38-27(14-15-45-6)34(43)44-5)39-32(41)25-12-10-23(11-13-25)17-24-8-7-9-26(18-24)29-30-31(36-19-35-29)40(20-37-30)22(3)4/h7-13,18-22,27-28H,14-17H2,1-6H3,(H,38,42)(H,39,41)/t27-,28-/m0/s1. The number of carbonyl (C=O) groups is 3. The lowest BCUT2D eigenvalue weighted by molar-refractivity contribution is -0.145. The summed E-state index contributed by atoms with van der Waals surface area (Å²) < 4.78 is 6.90. The molecule has 2 heterocycles. The van der Waals surface area contributed by atoms with Crippen molar-refractivity contribution in [1.82, 2.24) is 30.2 Å². The fourth-order valence-electron chi connectivity index (χ4n) is 5.12. The number of rotatable bonds is 14. The molecule has 45 heavy (non-hydrogen) atoms. The van der Waals surface area contributed by atoms with Crippen molar-refractivity contribution in [1.29, 1.82) is 0 Å². The van der Waals surface area contributed by atoms with E-state index in [1.807, 2.05) is 48.9 Å². The van der Waals surface area contributed by atoms with Gasteiger partial charge in [-0.25, -0.2) is 19.7 Å². The molecular formula is C34H42N6O4S. The van der Waals surface area contributed by atoms with Crippen molar-refractivity contribution in [3.05, 3.63) is 77.9 Å². The third-order valence-electron chi connectivity index (χ3n) is 7.48. The molecule has 10 nitrogen and oxygen atoms in total. The zero-order valence-corrected chi connectivity index (χ0v) is 27.6. The third kappa shape index (κ3) is 8.69. The fraction of sp³-hybridized carbons (Fsp3) is 0.412. The number of fused-ring (bicyclic) bond motifs is 1. The maximum atomic E-state index is 13.2. The molecule has 2 N–H and O–H groups in total. The molecule has 2 atom stereocenters. The van der Waals surface area contributed by atoms with Crippen LogP contribution in [0.25, 0.3) is 22.4 Å². The number of imidazole rings is 1. The van der Waals surface area contributed by atoms with Gasteiger partial charge in [-0.15, -0.1) is 0 Å². The Balaban J connectivity index is 1.45. The van der Waals surface area contributed by atoms with Crippen molar-refractivity contribution >= 4 is 40.7 Å². The molecule has 238 valence electrons. The van der Waals surface area contributed by atoms with Crippen molar-refractivity contribution in [2.45, 2.75) is 65.1 Å². The minimum absolute atomic E-state index is 0.145. The van der Waals surface area contributed by atoms with E-state index in [1.54, 1.807) is 36.5 Å². The van der Waals surface area contributed by atoms with Crippen molar-refractivity contribution in [2.75, 3.05) is 19.1 Å². The van der Waals surface area contributed by atoms with Gasteiger partial charge in [0, 0.05) is 17.2 Å². The summed E-state index contributed by atoms with van der Waals surface area (Å²) in [4.78, 5) is 52.2. The van der Waals surface area contributed by atoms with E-state index in [1.165, 1.54) is 7.11 Å². The number of amides is 2. The molecular weight excluding hydrogens is 588 g/mol. The zero-order valence-electron chi connectivity index (χ0n) is 26.7. The second-order valence-corrected chi connectivity index (χ2v) is 12.7. The van der Waals surface area contributed by atoms with E-state index in [4.69, 9.17) is 4.74 Å². The van der Waals surface area contributed by atoms with E-state index in [2.05, 4.69) is 51.6 Å². The number of nitrogens with one attached hydrogen (secondary N) is 2. The van der Waals surface area contributed by atoms with Gasteiger partial charge in [0.2, 0.25) is 5.91 Å². The minimum Gasteiger partial charge on any atom is -0.467 e. The van der Waals surface area contributed by atoms with Crippen LogP contribution >= 0.6 is 11.8 Å². The first-order valence-electron chi connectivity index (χ1n) is 15.1. The summed E-state index contributed by atoms with van der Waals surface area (Å²) in [5.41, 5.74) is 5.90. The largest absolute Gasteiger partial charge is 0.467 e. The molecule has 2 aromatic carbocycles. The van der Waals surface area contributed by atoms with Crippen LogP contribution in [0.4, 0.5) is 0 Å². The van der Waals surface area contributed by atoms with Crippen LogP contribution in [0.5, 0.6) is 0 Å². The number of hydrogen-bond acceptors (Lipinski definition) is 8. The number of hydrogen-bond donors (Lipinski definition) is 2. The minimum atomic E-state index is -0.790. The monoisotopic (exact) mass is 630 g/mol. The highest BCUT2D eigenvalue weighted by Gasteiger charge is 2.28. The highest BCUT2D eigenvalue weighted by atomic mass is 32.2. The Morgan fingerprint density at radius 2 is 1.69 bits per heavy atom. The maximum absolute atomic E-state index is 13.2. The highest BCUT2D eigenvalue weighted by Crippen LogP contribution is 2.27. The van der Waals surface area contributed by atoms with Gasteiger partial charge in [0.1, 0.15) is 29.6 Å². The summed E-state index contributed by atoms with van der Waals surface area (Å²) in [7, 11) is 1.30. The highest BCUT2D eigenvalue weighted by molar-refractivity contribution is 7.98. The Labute approximate surface area is 268 Å². The Kier molecular flexibility index (Phi) is 11.7. The van der Waals surface area contributed by atoms with E-state index in [0.29, 0.717) is 30.6 Å². The number of benzene rings is 2. The van der Waals surface area contributed by atoms with Gasteiger partial charge < -0.3 is 19.9 Å². The van der Waals surface area contributed by atoms with Gasteiger partial charge in [0.25, 0.3) is 5.91 Å². The molecule has 4 rings (SSSR count). The SMILES string of the molecule is COC(=O)[C@H](CCSC)NC(=O)[C@H](CC(C)C)NC(=O)c1ccc(Cc2cccc(-c3ncnc4c3ncn4C(C)C)c2)cc1. The van der Waals surface area contributed by atoms with E-state index >= 15 is 0 Å². The van der Waals surface area contributed by atoms with Crippen LogP contribution in [-0.2, 0) is 20.7 Å².